The normalized spacial score (nSPS) is 10.2. The van der Waals surface area contributed by atoms with Crippen molar-refractivity contribution in [3.05, 3.63) is 60.2 Å². The van der Waals surface area contributed by atoms with E-state index in [-0.39, 0.29) is 12.4 Å². The van der Waals surface area contributed by atoms with Gasteiger partial charge in [-0.15, -0.1) is 12.4 Å². The maximum absolute atomic E-state index is 4.33. The monoisotopic (exact) mass is 277 g/mol. The molecule has 2 aromatic heterocycles. The highest BCUT2D eigenvalue weighted by atomic mass is 35.5. The van der Waals surface area contributed by atoms with Crippen LogP contribution in [0.4, 0.5) is 0 Å². The Morgan fingerprint density at radius 2 is 1.32 bits per heavy atom. The van der Waals surface area contributed by atoms with Crippen molar-refractivity contribution in [2.75, 3.05) is 20.1 Å². The van der Waals surface area contributed by atoms with E-state index in [4.69, 9.17) is 0 Å². The predicted octanol–water partition coefficient (Wildman–Crippen LogP) is 2.62. The Morgan fingerprint density at radius 1 is 0.842 bits per heavy atom. The zero-order valence-electron chi connectivity index (χ0n) is 11.2. The molecule has 2 rings (SSSR count). The minimum atomic E-state index is 0. The van der Waals surface area contributed by atoms with Crippen molar-refractivity contribution in [2.45, 2.75) is 12.8 Å². The summed E-state index contributed by atoms with van der Waals surface area (Å²) in [6, 6.07) is 12.1. The maximum atomic E-state index is 4.33. The van der Waals surface area contributed by atoms with Gasteiger partial charge in [0.05, 0.1) is 0 Å². The molecule has 0 aromatic carbocycles. The summed E-state index contributed by atoms with van der Waals surface area (Å²) in [5.74, 6) is 0. The van der Waals surface area contributed by atoms with Crippen molar-refractivity contribution >= 4 is 12.4 Å². The van der Waals surface area contributed by atoms with Crippen LogP contribution in [-0.2, 0) is 12.8 Å². The van der Waals surface area contributed by atoms with Crippen LogP contribution in [0.1, 0.15) is 11.4 Å². The Hall–Kier alpha value is -1.45. The maximum Gasteiger partial charge on any atom is 0.0416 e. The standard InChI is InChI=1S/C15H19N3.ClH/c1-18(12-8-14-6-2-4-10-16-14)13-9-15-7-3-5-11-17-15;/h2-7,10-11H,8-9,12-13H2,1H3;1H. The Bertz CT molecular complexity index is 404. The first-order chi connectivity index (χ1) is 8.84. The second-order valence-corrected chi connectivity index (χ2v) is 4.45. The van der Waals surface area contributed by atoms with Gasteiger partial charge in [0.2, 0.25) is 0 Å². The first-order valence-corrected chi connectivity index (χ1v) is 6.33. The van der Waals surface area contributed by atoms with Crippen LogP contribution in [0.3, 0.4) is 0 Å². The summed E-state index contributed by atoms with van der Waals surface area (Å²) in [4.78, 5) is 11.0. The summed E-state index contributed by atoms with van der Waals surface area (Å²) in [6.07, 6.45) is 5.70. The number of pyridine rings is 2. The van der Waals surface area contributed by atoms with Crippen LogP contribution in [0.5, 0.6) is 0 Å². The zero-order valence-corrected chi connectivity index (χ0v) is 12.0. The van der Waals surface area contributed by atoms with E-state index in [1.165, 1.54) is 0 Å². The van der Waals surface area contributed by atoms with E-state index in [1.807, 2.05) is 36.7 Å². The molecule has 0 aliphatic carbocycles. The average molecular weight is 278 g/mol. The molecule has 0 spiro atoms. The SMILES string of the molecule is CN(CCc1ccccn1)CCc1ccccn1.Cl. The molecule has 2 aromatic rings. The molecule has 102 valence electrons. The highest BCUT2D eigenvalue weighted by Crippen LogP contribution is 1.99. The minimum Gasteiger partial charge on any atom is -0.306 e. The van der Waals surface area contributed by atoms with E-state index in [0.717, 1.165) is 37.3 Å². The number of likely N-dealkylation sites (N-methyl/N-ethyl adjacent to an activating group) is 1. The molecule has 0 aliphatic rings. The molecule has 0 amide bonds. The van der Waals surface area contributed by atoms with Gasteiger partial charge >= 0.3 is 0 Å². The Labute approximate surface area is 121 Å². The molecular weight excluding hydrogens is 258 g/mol. The third-order valence-electron chi connectivity index (χ3n) is 2.95. The van der Waals surface area contributed by atoms with Gasteiger partial charge in [-0.25, -0.2) is 0 Å². The van der Waals surface area contributed by atoms with E-state index < -0.39 is 0 Å². The number of aromatic nitrogens is 2. The van der Waals surface area contributed by atoms with Crippen molar-refractivity contribution in [3.8, 4) is 0 Å². The number of hydrogen-bond donors (Lipinski definition) is 0. The summed E-state index contributed by atoms with van der Waals surface area (Å²) < 4.78 is 0. The van der Waals surface area contributed by atoms with E-state index >= 15 is 0 Å². The lowest BCUT2D eigenvalue weighted by molar-refractivity contribution is 0.340. The minimum absolute atomic E-state index is 0. The molecule has 0 saturated heterocycles. The van der Waals surface area contributed by atoms with Gasteiger partial charge in [0.25, 0.3) is 0 Å². The lowest BCUT2D eigenvalue weighted by Crippen LogP contribution is -2.24. The van der Waals surface area contributed by atoms with Crippen molar-refractivity contribution in [1.29, 1.82) is 0 Å². The molecular formula is C15H20ClN3. The number of halogens is 1. The lowest BCUT2D eigenvalue weighted by atomic mass is 10.2. The Balaban J connectivity index is 0.00000180. The number of nitrogens with zero attached hydrogens (tertiary/aromatic N) is 3. The van der Waals surface area contributed by atoms with Gasteiger partial charge in [0.15, 0.2) is 0 Å². The van der Waals surface area contributed by atoms with Gasteiger partial charge in [0, 0.05) is 49.7 Å². The lowest BCUT2D eigenvalue weighted by Gasteiger charge is -2.15. The zero-order chi connectivity index (χ0) is 12.6. The summed E-state index contributed by atoms with van der Waals surface area (Å²) in [5, 5.41) is 0. The Kier molecular flexibility index (Phi) is 7.08. The largest absolute Gasteiger partial charge is 0.306 e. The summed E-state index contributed by atoms with van der Waals surface area (Å²) >= 11 is 0. The summed E-state index contributed by atoms with van der Waals surface area (Å²) in [7, 11) is 2.14. The molecule has 4 heteroatoms. The van der Waals surface area contributed by atoms with Gasteiger partial charge in [-0.1, -0.05) is 12.1 Å². The van der Waals surface area contributed by atoms with Crippen LogP contribution in [0.25, 0.3) is 0 Å². The van der Waals surface area contributed by atoms with Crippen molar-refractivity contribution in [1.82, 2.24) is 14.9 Å². The van der Waals surface area contributed by atoms with Crippen LogP contribution < -0.4 is 0 Å². The number of hydrogen-bond acceptors (Lipinski definition) is 3. The molecule has 2 heterocycles. The van der Waals surface area contributed by atoms with E-state index in [1.54, 1.807) is 0 Å². The second-order valence-electron chi connectivity index (χ2n) is 4.45. The van der Waals surface area contributed by atoms with Gasteiger partial charge < -0.3 is 4.90 Å². The molecule has 0 unspecified atom stereocenters. The molecule has 3 nitrogen and oxygen atoms in total. The molecule has 19 heavy (non-hydrogen) atoms. The average Bonchev–Trinajstić information content (AvgIpc) is 2.45. The van der Waals surface area contributed by atoms with Crippen LogP contribution in [0.2, 0.25) is 0 Å². The molecule has 0 saturated carbocycles. The van der Waals surface area contributed by atoms with Crippen LogP contribution in [0, 0.1) is 0 Å². The first kappa shape index (κ1) is 15.6. The molecule has 0 bridgehead atoms. The predicted molar refractivity (Wildman–Crippen MR) is 80.6 cm³/mol. The first-order valence-electron chi connectivity index (χ1n) is 6.33. The van der Waals surface area contributed by atoms with Gasteiger partial charge in [-0.2, -0.15) is 0 Å². The van der Waals surface area contributed by atoms with Crippen LogP contribution in [0.15, 0.2) is 48.8 Å². The van der Waals surface area contributed by atoms with Gasteiger partial charge in [-0.05, 0) is 31.3 Å². The van der Waals surface area contributed by atoms with Crippen LogP contribution in [-0.4, -0.2) is 35.0 Å². The van der Waals surface area contributed by atoms with Gasteiger partial charge in [0.1, 0.15) is 0 Å². The van der Waals surface area contributed by atoms with Crippen LogP contribution >= 0.6 is 12.4 Å². The van der Waals surface area contributed by atoms with Gasteiger partial charge in [-0.3, -0.25) is 9.97 Å². The van der Waals surface area contributed by atoms with Crippen molar-refractivity contribution in [2.24, 2.45) is 0 Å². The van der Waals surface area contributed by atoms with Crippen molar-refractivity contribution < 1.29 is 0 Å². The molecule has 0 atom stereocenters. The fourth-order valence-corrected chi connectivity index (χ4v) is 1.81. The topological polar surface area (TPSA) is 29.0 Å². The third kappa shape index (κ3) is 5.81. The molecule has 0 radical (unpaired) electrons. The highest BCUT2D eigenvalue weighted by molar-refractivity contribution is 5.85. The molecule has 0 N–H and O–H groups in total. The van der Waals surface area contributed by atoms with E-state index in [2.05, 4.69) is 34.0 Å². The quantitative estimate of drug-likeness (QED) is 0.813. The van der Waals surface area contributed by atoms with Crippen molar-refractivity contribution in [3.63, 3.8) is 0 Å². The Morgan fingerprint density at radius 3 is 1.68 bits per heavy atom. The third-order valence-corrected chi connectivity index (χ3v) is 2.95. The highest BCUT2D eigenvalue weighted by Gasteiger charge is 2.01. The number of rotatable bonds is 6. The summed E-state index contributed by atoms with van der Waals surface area (Å²) in [5.41, 5.74) is 2.31. The fraction of sp³-hybridized carbons (Fsp3) is 0.333. The van der Waals surface area contributed by atoms with E-state index in [9.17, 15) is 0 Å². The molecule has 0 fully saturated rings. The summed E-state index contributed by atoms with van der Waals surface area (Å²) in [6.45, 7) is 2.06. The fourth-order valence-electron chi connectivity index (χ4n) is 1.81. The molecule has 0 aliphatic heterocycles. The second kappa shape index (κ2) is 8.62. The smallest absolute Gasteiger partial charge is 0.0416 e. The van der Waals surface area contributed by atoms with E-state index in [0.29, 0.717) is 0 Å².